The minimum Gasteiger partial charge on any atom is -0.493 e. The molecule has 2 aliphatic rings. The lowest BCUT2D eigenvalue weighted by Gasteiger charge is -2.28. The van der Waals surface area contributed by atoms with Gasteiger partial charge in [-0.2, -0.15) is 26.3 Å². The van der Waals surface area contributed by atoms with E-state index in [1.165, 1.54) is 27.2 Å². The Morgan fingerprint density at radius 1 is 0.923 bits per heavy atom. The van der Waals surface area contributed by atoms with E-state index in [1.54, 1.807) is 31.2 Å². The number of alkyl halides is 6. The Morgan fingerprint density at radius 3 is 2.10 bits per heavy atom. The van der Waals surface area contributed by atoms with Crippen LogP contribution in [0.3, 0.4) is 0 Å². The predicted molar refractivity (Wildman–Crippen MR) is 133 cm³/mol. The Labute approximate surface area is 228 Å². The molecule has 2 aromatic carbocycles. The fraction of sp³-hybridized carbons (Fsp3) is 0.346. The van der Waals surface area contributed by atoms with Gasteiger partial charge >= 0.3 is 18.3 Å². The van der Waals surface area contributed by atoms with Crippen LogP contribution in [-0.2, 0) is 9.53 Å². The van der Waals surface area contributed by atoms with Crippen molar-refractivity contribution in [3.63, 3.8) is 0 Å². The zero-order valence-electron chi connectivity index (χ0n) is 21.0. The minimum absolute atomic E-state index is 0.0231. The number of hydrogen-bond acceptors (Lipinski definition) is 6. The van der Waals surface area contributed by atoms with Crippen molar-refractivity contribution in [2.75, 3.05) is 20.8 Å². The van der Waals surface area contributed by atoms with Gasteiger partial charge in [0, 0.05) is 15.6 Å². The molecular formula is C26H23BrF6O6. The van der Waals surface area contributed by atoms with Gasteiger partial charge in [-0.05, 0) is 55.8 Å². The molecule has 0 N–H and O–H groups in total. The molecule has 0 aliphatic carbocycles. The molecule has 2 unspecified atom stereocenters. The number of hydrogen-bond donors (Lipinski definition) is 0. The molecule has 0 saturated carbocycles. The van der Waals surface area contributed by atoms with E-state index in [2.05, 4.69) is 15.9 Å². The number of methoxy groups -OCH3 is 2. The third-order valence-corrected chi connectivity index (χ3v) is 5.83. The number of benzene rings is 2. The molecule has 39 heavy (non-hydrogen) atoms. The van der Waals surface area contributed by atoms with Crippen molar-refractivity contribution in [3.8, 4) is 23.0 Å². The van der Waals surface area contributed by atoms with Crippen LogP contribution >= 0.6 is 15.9 Å². The molecule has 2 aliphatic heterocycles. The Hall–Kier alpha value is -3.35. The first-order valence-corrected chi connectivity index (χ1v) is 12.1. The number of ether oxygens (including phenoxy) is 5. The highest BCUT2D eigenvalue weighted by Gasteiger charge is 2.49. The summed E-state index contributed by atoms with van der Waals surface area (Å²) in [5, 5.41) is 0. The summed E-state index contributed by atoms with van der Waals surface area (Å²) in [6, 6.07) is 6.41. The first-order chi connectivity index (χ1) is 18.2. The van der Waals surface area contributed by atoms with Gasteiger partial charge in [-0.15, -0.1) is 0 Å². The van der Waals surface area contributed by atoms with Crippen molar-refractivity contribution in [2.45, 2.75) is 38.4 Å². The fourth-order valence-corrected chi connectivity index (χ4v) is 4.18. The molecular weight excluding hydrogens is 602 g/mol. The Balaban J connectivity index is 0.000000223. The van der Waals surface area contributed by atoms with Gasteiger partial charge in [-0.1, -0.05) is 22.0 Å². The molecule has 0 aromatic heterocycles. The molecule has 0 bridgehead atoms. The first-order valence-electron chi connectivity index (χ1n) is 11.3. The van der Waals surface area contributed by atoms with Gasteiger partial charge < -0.3 is 23.7 Å². The van der Waals surface area contributed by atoms with E-state index in [1.807, 2.05) is 0 Å². The number of carbonyl (C=O) groups is 1. The highest BCUT2D eigenvalue weighted by atomic mass is 79.9. The zero-order valence-corrected chi connectivity index (χ0v) is 22.6. The SMILES string of the molecule is CCOC(=O)C1=Cc2cc(C)cc(OC)c2OC1C(F)(F)F.COc1cc(Br)cc2c1OC(C(F)(F)F)C=C2. The van der Waals surface area contributed by atoms with E-state index in [0.717, 1.165) is 17.7 Å². The molecule has 0 spiro atoms. The van der Waals surface area contributed by atoms with Crippen molar-refractivity contribution in [3.05, 3.63) is 57.1 Å². The third-order valence-electron chi connectivity index (χ3n) is 5.37. The average molecular weight is 625 g/mol. The molecule has 2 aromatic rings. The number of esters is 1. The normalized spacial score (nSPS) is 17.8. The van der Waals surface area contributed by atoms with Gasteiger partial charge in [0.2, 0.25) is 12.2 Å². The van der Waals surface area contributed by atoms with Crippen LogP contribution in [0.15, 0.2) is 40.4 Å². The van der Waals surface area contributed by atoms with Crippen LogP contribution in [-0.4, -0.2) is 51.4 Å². The minimum atomic E-state index is -4.74. The third kappa shape index (κ3) is 7.00. The Kier molecular flexibility index (Phi) is 9.14. The van der Waals surface area contributed by atoms with Crippen LogP contribution in [0, 0.1) is 6.92 Å². The average Bonchev–Trinajstić information content (AvgIpc) is 2.85. The highest BCUT2D eigenvalue weighted by Crippen LogP contribution is 2.43. The Morgan fingerprint density at radius 2 is 1.54 bits per heavy atom. The molecule has 4 rings (SSSR count). The summed E-state index contributed by atoms with van der Waals surface area (Å²) < 4.78 is 103. The maximum atomic E-state index is 13.2. The second-order valence-corrected chi connectivity index (χ2v) is 9.13. The largest absolute Gasteiger partial charge is 0.493 e. The lowest BCUT2D eigenvalue weighted by molar-refractivity contribution is -0.188. The van der Waals surface area contributed by atoms with Crippen molar-refractivity contribution in [2.24, 2.45) is 0 Å². The monoisotopic (exact) mass is 624 g/mol. The van der Waals surface area contributed by atoms with E-state index < -0.39 is 36.1 Å². The van der Waals surface area contributed by atoms with Gasteiger partial charge in [-0.3, -0.25) is 0 Å². The van der Waals surface area contributed by atoms with Crippen LogP contribution in [0.1, 0.15) is 23.6 Å². The van der Waals surface area contributed by atoms with Crippen LogP contribution in [0.25, 0.3) is 12.2 Å². The van der Waals surface area contributed by atoms with Crippen molar-refractivity contribution >= 4 is 34.1 Å². The van der Waals surface area contributed by atoms with E-state index in [-0.39, 0.29) is 29.6 Å². The lowest BCUT2D eigenvalue weighted by Crippen LogP contribution is -2.40. The maximum Gasteiger partial charge on any atom is 0.430 e. The highest BCUT2D eigenvalue weighted by molar-refractivity contribution is 9.10. The van der Waals surface area contributed by atoms with Crippen LogP contribution in [0.5, 0.6) is 23.0 Å². The van der Waals surface area contributed by atoms with Crippen LogP contribution in [0.4, 0.5) is 26.3 Å². The van der Waals surface area contributed by atoms with Crippen molar-refractivity contribution < 1.29 is 54.8 Å². The molecule has 0 radical (unpaired) electrons. The van der Waals surface area contributed by atoms with Gasteiger partial charge in [0.05, 0.1) is 26.4 Å². The molecule has 2 atom stereocenters. The van der Waals surface area contributed by atoms with Crippen LogP contribution < -0.4 is 18.9 Å². The summed E-state index contributed by atoms with van der Waals surface area (Å²) in [7, 11) is 2.72. The quantitative estimate of drug-likeness (QED) is 0.268. The van der Waals surface area contributed by atoms with E-state index in [0.29, 0.717) is 15.6 Å². The molecule has 212 valence electrons. The Bertz CT molecular complexity index is 1290. The fourth-order valence-electron chi connectivity index (χ4n) is 3.72. The van der Waals surface area contributed by atoms with E-state index in [9.17, 15) is 31.1 Å². The molecule has 2 heterocycles. The summed E-state index contributed by atoms with van der Waals surface area (Å²) in [5.74, 6) is -0.517. The lowest BCUT2D eigenvalue weighted by atomic mass is 9.99. The van der Waals surface area contributed by atoms with Gasteiger partial charge in [0.25, 0.3) is 0 Å². The second-order valence-electron chi connectivity index (χ2n) is 8.21. The predicted octanol–water partition coefficient (Wildman–Crippen LogP) is 7.07. The molecule has 0 fully saturated rings. The van der Waals surface area contributed by atoms with E-state index in [4.69, 9.17) is 23.7 Å². The summed E-state index contributed by atoms with van der Waals surface area (Å²) in [4.78, 5) is 11.8. The standard InChI is InChI=1S/C15H15F3O4.C11H8BrF3O2/c1-4-21-14(19)10-7-9-5-8(2)6-11(20-3)12(9)22-13(10)15(16,17)18;1-16-8-5-7(12)4-6-2-3-9(11(13,14)15)17-10(6)8/h5-7,13H,4H2,1-3H3;2-5,9H,1H3. The summed E-state index contributed by atoms with van der Waals surface area (Å²) in [5.41, 5.74) is 1.09. The zero-order chi connectivity index (χ0) is 29.1. The molecule has 0 amide bonds. The van der Waals surface area contributed by atoms with Gasteiger partial charge in [-0.25, -0.2) is 4.79 Å². The van der Waals surface area contributed by atoms with Crippen molar-refractivity contribution in [1.29, 1.82) is 0 Å². The number of halogens is 7. The second kappa shape index (κ2) is 11.8. The summed E-state index contributed by atoms with van der Waals surface area (Å²) in [6.07, 6.45) is -9.97. The van der Waals surface area contributed by atoms with Crippen molar-refractivity contribution in [1.82, 2.24) is 0 Å². The number of fused-ring (bicyclic) bond motifs is 2. The molecule has 6 nitrogen and oxygen atoms in total. The van der Waals surface area contributed by atoms with E-state index >= 15 is 0 Å². The van der Waals surface area contributed by atoms with Gasteiger partial charge in [0.1, 0.15) is 0 Å². The molecule has 0 saturated heterocycles. The first kappa shape index (κ1) is 30.2. The summed E-state index contributed by atoms with van der Waals surface area (Å²) >= 11 is 3.24. The smallest absolute Gasteiger partial charge is 0.430 e. The summed E-state index contributed by atoms with van der Waals surface area (Å²) in [6.45, 7) is 3.26. The van der Waals surface area contributed by atoms with Crippen LogP contribution in [0.2, 0.25) is 0 Å². The maximum absolute atomic E-state index is 13.2. The number of carbonyl (C=O) groups excluding carboxylic acids is 1. The molecule has 13 heteroatoms. The van der Waals surface area contributed by atoms with Gasteiger partial charge in [0.15, 0.2) is 23.0 Å². The number of aryl methyl sites for hydroxylation is 1. The number of rotatable bonds is 4. The topological polar surface area (TPSA) is 63.2 Å².